The van der Waals surface area contributed by atoms with Gasteiger partial charge in [0.25, 0.3) is 0 Å². The number of amides is 1. The molecule has 2 aromatic heterocycles. The number of ether oxygens (including phenoxy) is 2. The van der Waals surface area contributed by atoms with Crippen LogP contribution in [0.2, 0.25) is 0 Å². The van der Waals surface area contributed by atoms with Crippen LogP contribution in [0.25, 0.3) is 0 Å². The predicted octanol–water partition coefficient (Wildman–Crippen LogP) is 4.35. The molecule has 1 N–H and O–H groups in total. The van der Waals surface area contributed by atoms with Crippen molar-refractivity contribution < 1.29 is 19.1 Å². The molecule has 3 aromatic rings. The van der Waals surface area contributed by atoms with Crippen LogP contribution in [-0.4, -0.2) is 44.0 Å². The quantitative estimate of drug-likeness (QED) is 0.304. The topological polar surface area (TPSA) is 108 Å². The molecule has 0 saturated carbocycles. The van der Waals surface area contributed by atoms with Gasteiger partial charge in [0, 0.05) is 11.9 Å². The van der Waals surface area contributed by atoms with Crippen molar-refractivity contribution in [1.82, 2.24) is 19.7 Å². The second-order valence-electron chi connectivity index (χ2n) is 7.55. The summed E-state index contributed by atoms with van der Waals surface area (Å²) in [6.45, 7) is 10.8. The Balaban J connectivity index is 1.57. The lowest BCUT2D eigenvalue weighted by molar-refractivity contribution is -0.142. The predicted molar refractivity (Wildman–Crippen MR) is 132 cm³/mol. The minimum atomic E-state index is -0.341. The standard InChI is InChI=1S/C23H29N5O4S2/c1-6-28-21(16(5)32-18-9-8-14(3)15(4)10-18)26-27-23(28)34-13-19(29)25-22-24-17(12-33-22)11-20(30)31-7-2/h8-10,12,16H,6-7,11,13H2,1-5H3,(H,24,25,29). The maximum absolute atomic E-state index is 12.4. The highest BCUT2D eigenvalue weighted by atomic mass is 32.2. The third kappa shape index (κ3) is 6.80. The van der Waals surface area contributed by atoms with Crippen LogP contribution in [-0.2, 0) is 27.3 Å². The van der Waals surface area contributed by atoms with E-state index < -0.39 is 0 Å². The molecule has 0 bridgehead atoms. The zero-order valence-electron chi connectivity index (χ0n) is 20.0. The number of aromatic nitrogens is 4. The summed E-state index contributed by atoms with van der Waals surface area (Å²) in [5.41, 5.74) is 2.94. The van der Waals surface area contributed by atoms with Crippen LogP contribution in [0.3, 0.4) is 0 Å². The molecule has 2 heterocycles. The molecule has 9 nitrogen and oxygen atoms in total. The second kappa shape index (κ2) is 12.0. The van der Waals surface area contributed by atoms with E-state index in [9.17, 15) is 9.59 Å². The molecular formula is C23H29N5O4S2. The van der Waals surface area contributed by atoms with Crippen molar-refractivity contribution in [1.29, 1.82) is 0 Å². The van der Waals surface area contributed by atoms with Gasteiger partial charge in [-0.05, 0) is 57.9 Å². The molecule has 1 amide bonds. The number of thioether (sulfide) groups is 1. The molecule has 182 valence electrons. The number of anilines is 1. The Morgan fingerprint density at radius 1 is 1.21 bits per heavy atom. The van der Waals surface area contributed by atoms with E-state index in [2.05, 4.69) is 27.4 Å². The summed E-state index contributed by atoms with van der Waals surface area (Å²) in [5, 5.41) is 14.2. The summed E-state index contributed by atoms with van der Waals surface area (Å²) in [6.07, 6.45) is -0.217. The first-order chi connectivity index (χ1) is 16.3. The summed E-state index contributed by atoms with van der Waals surface area (Å²) in [4.78, 5) is 28.3. The van der Waals surface area contributed by atoms with Gasteiger partial charge in [-0.2, -0.15) is 0 Å². The average Bonchev–Trinajstić information content (AvgIpc) is 3.41. The van der Waals surface area contributed by atoms with Gasteiger partial charge in [-0.15, -0.1) is 21.5 Å². The van der Waals surface area contributed by atoms with Crippen LogP contribution in [0.1, 0.15) is 49.5 Å². The third-order valence-electron chi connectivity index (χ3n) is 4.98. The monoisotopic (exact) mass is 503 g/mol. The fourth-order valence-corrected chi connectivity index (χ4v) is 4.68. The number of benzene rings is 1. The van der Waals surface area contributed by atoms with Gasteiger partial charge in [-0.25, -0.2) is 4.98 Å². The van der Waals surface area contributed by atoms with Crippen LogP contribution in [0.15, 0.2) is 28.7 Å². The Labute approximate surface area is 207 Å². The van der Waals surface area contributed by atoms with Crippen molar-refractivity contribution in [3.8, 4) is 5.75 Å². The van der Waals surface area contributed by atoms with Crippen LogP contribution < -0.4 is 10.1 Å². The van der Waals surface area contributed by atoms with Gasteiger partial charge in [-0.3, -0.25) is 9.59 Å². The van der Waals surface area contributed by atoms with E-state index in [-0.39, 0.29) is 30.2 Å². The third-order valence-corrected chi connectivity index (χ3v) is 6.75. The number of nitrogens with one attached hydrogen (secondary N) is 1. The second-order valence-corrected chi connectivity index (χ2v) is 9.35. The van der Waals surface area contributed by atoms with Gasteiger partial charge < -0.3 is 19.4 Å². The molecule has 0 spiro atoms. The first kappa shape index (κ1) is 25.7. The first-order valence-electron chi connectivity index (χ1n) is 11.0. The number of hydrogen-bond donors (Lipinski definition) is 1. The summed E-state index contributed by atoms with van der Waals surface area (Å²) < 4.78 is 13.0. The van der Waals surface area contributed by atoms with Crippen molar-refractivity contribution in [2.75, 3.05) is 17.7 Å². The Hall–Kier alpha value is -2.92. The SMILES string of the molecule is CCOC(=O)Cc1csc(NC(=O)CSc2nnc(C(C)Oc3ccc(C)c(C)c3)n2CC)n1. The Bertz CT molecular complexity index is 1140. The Kier molecular flexibility index (Phi) is 9.05. The molecule has 1 atom stereocenters. The van der Waals surface area contributed by atoms with Crippen molar-refractivity contribution >= 4 is 40.1 Å². The molecule has 34 heavy (non-hydrogen) atoms. The van der Waals surface area contributed by atoms with E-state index >= 15 is 0 Å². The number of nitrogens with zero attached hydrogens (tertiary/aromatic N) is 4. The lowest BCUT2D eigenvalue weighted by Crippen LogP contribution is -2.15. The van der Waals surface area contributed by atoms with Gasteiger partial charge in [0.1, 0.15) is 5.75 Å². The number of thiazole rings is 1. The van der Waals surface area contributed by atoms with Gasteiger partial charge in [0.05, 0.1) is 24.5 Å². The van der Waals surface area contributed by atoms with Gasteiger partial charge in [0.2, 0.25) is 5.91 Å². The molecule has 1 aromatic carbocycles. The summed E-state index contributed by atoms with van der Waals surface area (Å²) in [6, 6.07) is 5.99. The largest absolute Gasteiger partial charge is 0.483 e. The Morgan fingerprint density at radius 3 is 2.71 bits per heavy atom. The lowest BCUT2D eigenvalue weighted by Gasteiger charge is -2.16. The van der Waals surface area contributed by atoms with E-state index in [0.717, 1.165) is 11.3 Å². The fourth-order valence-electron chi connectivity index (χ4n) is 3.14. The molecule has 0 fully saturated rings. The molecule has 1 unspecified atom stereocenters. The number of rotatable bonds is 11. The first-order valence-corrected chi connectivity index (χ1v) is 12.9. The summed E-state index contributed by atoms with van der Waals surface area (Å²) in [5.74, 6) is 1.07. The highest BCUT2D eigenvalue weighted by Gasteiger charge is 2.20. The van der Waals surface area contributed by atoms with Crippen LogP contribution in [0.5, 0.6) is 5.75 Å². The highest BCUT2D eigenvalue weighted by Crippen LogP contribution is 2.26. The molecule has 0 radical (unpaired) electrons. The number of hydrogen-bond acceptors (Lipinski definition) is 9. The normalized spacial score (nSPS) is 11.8. The maximum Gasteiger partial charge on any atom is 0.311 e. The van der Waals surface area contributed by atoms with Crippen molar-refractivity contribution in [2.24, 2.45) is 0 Å². The number of aryl methyl sites for hydroxylation is 2. The summed E-state index contributed by atoms with van der Waals surface area (Å²) in [7, 11) is 0. The van der Waals surface area contributed by atoms with Crippen molar-refractivity contribution in [2.45, 2.75) is 58.8 Å². The minimum Gasteiger partial charge on any atom is -0.483 e. The van der Waals surface area contributed by atoms with Gasteiger partial charge >= 0.3 is 5.97 Å². The van der Waals surface area contributed by atoms with E-state index in [1.165, 1.54) is 28.7 Å². The molecule has 0 aliphatic carbocycles. The molecule has 0 saturated heterocycles. The Morgan fingerprint density at radius 2 is 2.00 bits per heavy atom. The van der Waals surface area contributed by atoms with Gasteiger partial charge in [-0.1, -0.05) is 17.8 Å². The molecular weight excluding hydrogens is 474 g/mol. The van der Waals surface area contributed by atoms with E-state index in [4.69, 9.17) is 9.47 Å². The zero-order chi connectivity index (χ0) is 24.7. The summed E-state index contributed by atoms with van der Waals surface area (Å²) >= 11 is 2.56. The van der Waals surface area contributed by atoms with Gasteiger partial charge in [0.15, 0.2) is 22.2 Å². The molecule has 3 rings (SSSR count). The van der Waals surface area contributed by atoms with Crippen LogP contribution >= 0.6 is 23.1 Å². The average molecular weight is 504 g/mol. The van der Waals surface area contributed by atoms with Crippen LogP contribution in [0, 0.1) is 13.8 Å². The van der Waals surface area contributed by atoms with Crippen LogP contribution in [0.4, 0.5) is 5.13 Å². The molecule has 11 heteroatoms. The van der Waals surface area contributed by atoms with E-state index in [1.807, 2.05) is 43.5 Å². The van der Waals surface area contributed by atoms with Crippen molar-refractivity contribution in [3.05, 3.63) is 46.2 Å². The number of carbonyl (C=O) groups excluding carboxylic acids is 2. The van der Waals surface area contributed by atoms with E-state index in [0.29, 0.717) is 35.0 Å². The highest BCUT2D eigenvalue weighted by molar-refractivity contribution is 7.99. The number of carbonyl (C=O) groups is 2. The molecule has 0 aliphatic rings. The van der Waals surface area contributed by atoms with E-state index in [1.54, 1.807) is 12.3 Å². The lowest BCUT2D eigenvalue weighted by atomic mass is 10.1. The maximum atomic E-state index is 12.4. The zero-order valence-corrected chi connectivity index (χ0v) is 21.6. The number of esters is 1. The smallest absolute Gasteiger partial charge is 0.311 e. The van der Waals surface area contributed by atoms with Crippen molar-refractivity contribution in [3.63, 3.8) is 0 Å². The minimum absolute atomic E-state index is 0.0831. The fraction of sp³-hybridized carbons (Fsp3) is 0.435. The molecule has 0 aliphatic heterocycles.